The zero-order valence-electron chi connectivity index (χ0n) is 49.1. The number of unbranched alkanes of at least 4 members (excludes halogenated alkanes) is 27. The van der Waals surface area contributed by atoms with Crippen molar-refractivity contribution in [2.45, 2.75) is 277 Å². The summed E-state index contributed by atoms with van der Waals surface area (Å²) < 4.78 is 0. The van der Waals surface area contributed by atoms with Gasteiger partial charge in [0.15, 0.2) is 0 Å². The topological polar surface area (TPSA) is 102 Å². The molecule has 0 fully saturated rings. The summed E-state index contributed by atoms with van der Waals surface area (Å²) in [5.74, 6) is 0. The first kappa shape index (κ1) is 71.2. The van der Waals surface area contributed by atoms with Crippen molar-refractivity contribution >= 4 is 0 Å². The van der Waals surface area contributed by atoms with Gasteiger partial charge in [-0.3, -0.25) is 0 Å². The normalized spacial score (nSPS) is 13.6. The van der Waals surface area contributed by atoms with E-state index in [1.807, 2.05) is 0 Å². The number of hydrogen-bond acceptors (Lipinski definition) is 7. The van der Waals surface area contributed by atoms with Gasteiger partial charge in [0.25, 0.3) is 0 Å². The highest BCUT2D eigenvalue weighted by Crippen LogP contribution is 2.14. The molecule has 0 aromatic heterocycles. The molecule has 0 radical (unpaired) electrons. The Morgan fingerprint density at radius 3 is 0.767 bits per heavy atom. The molecule has 0 heterocycles. The van der Waals surface area contributed by atoms with Gasteiger partial charge in [-0.15, -0.1) is 0 Å². The largest absolute Gasteiger partial charge is 0.390 e. The van der Waals surface area contributed by atoms with E-state index in [0.29, 0.717) is 26.2 Å². The van der Waals surface area contributed by atoms with E-state index in [-0.39, 0.29) is 0 Å². The Morgan fingerprint density at radius 1 is 0.274 bits per heavy atom. The molecule has 0 aliphatic heterocycles. The number of hydrogen-bond donors (Lipinski definition) is 4. The maximum absolute atomic E-state index is 10.6. The van der Waals surface area contributed by atoms with Gasteiger partial charge in [-0.1, -0.05) is 209 Å². The number of aliphatic hydroxyl groups is 2. The van der Waals surface area contributed by atoms with E-state index in [9.17, 15) is 10.2 Å². The summed E-state index contributed by atoms with van der Waals surface area (Å²) in [6.07, 6.45) is 75.2. The van der Waals surface area contributed by atoms with Crippen LogP contribution in [0.5, 0.6) is 0 Å². The van der Waals surface area contributed by atoms with E-state index in [1.165, 1.54) is 212 Å². The van der Waals surface area contributed by atoms with Crippen molar-refractivity contribution in [3.63, 3.8) is 0 Å². The molecule has 73 heavy (non-hydrogen) atoms. The molecular formula is C66H127N5O2. The summed E-state index contributed by atoms with van der Waals surface area (Å²) in [5, 5.41) is 21.2. The van der Waals surface area contributed by atoms with Crippen molar-refractivity contribution in [3.05, 3.63) is 72.9 Å². The lowest BCUT2D eigenvalue weighted by molar-refractivity contribution is 0.109. The van der Waals surface area contributed by atoms with Crippen LogP contribution in [0.15, 0.2) is 72.9 Å². The van der Waals surface area contributed by atoms with Crippen molar-refractivity contribution in [1.82, 2.24) is 14.7 Å². The third-order valence-corrected chi connectivity index (χ3v) is 14.4. The van der Waals surface area contributed by atoms with Crippen molar-refractivity contribution in [3.8, 4) is 0 Å². The smallest absolute Gasteiger partial charge is 0.0789 e. The van der Waals surface area contributed by atoms with Crippen LogP contribution in [0.2, 0.25) is 0 Å². The predicted octanol–water partition coefficient (Wildman–Crippen LogP) is 16.8. The maximum Gasteiger partial charge on any atom is 0.0789 e. The quantitative estimate of drug-likeness (QED) is 0.0356. The fraction of sp³-hybridized carbons (Fsp3) is 0.818. The number of nitrogens with zero attached hydrogens (tertiary/aromatic N) is 3. The maximum atomic E-state index is 10.6. The molecule has 2 unspecified atom stereocenters. The predicted molar refractivity (Wildman–Crippen MR) is 327 cm³/mol. The van der Waals surface area contributed by atoms with Gasteiger partial charge in [0.05, 0.1) is 12.2 Å². The van der Waals surface area contributed by atoms with Crippen molar-refractivity contribution in [2.75, 3.05) is 72.0 Å². The van der Waals surface area contributed by atoms with Crippen LogP contribution < -0.4 is 11.5 Å². The van der Waals surface area contributed by atoms with E-state index in [0.717, 1.165) is 77.9 Å². The Balaban J connectivity index is 4.96. The number of nitrogens with two attached hydrogens (primary N) is 2. The number of rotatable bonds is 59. The number of aliphatic hydroxyl groups excluding tert-OH is 2. The Labute approximate surface area is 456 Å². The van der Waals surface area contributed by atoms with E-state index in [2.05, 4.69) is 108 Å². The van der Waals surface area contributed by atoms with Crippen LogP contribution in [0, 0.1) is 0 Å². The van der Waals surface area contributed by atoms with Crippen molar-refractivity contribution < 1.29 is 10.2 Å². The highest BCUT2D eigenvalue weighted by atomic mass is 16.3. The monoisotopic (exact) mass is 1020 g/mol. The van der Waals surface area contributed by atoms with Crippen molar-refractivity contribution in [1.29, 1.82) is 0 Å². The Hall–Kier alpha value is -1.84. The van der Waals surface area contributed by atoms with Gasteiger partial charge in [0.2, 0.25) is 0 Å². The molecule has 7 heteroatoms. The van der Waals surface area contributed by atoms with Gasteiger partial charge in [0.1, 0.15) is 0 Å². The first-order valence-electron chi connectivity index (χ1n) is 31.8. The summed E-state index contributed by atoms with van der Waals surface area (Å²) in [7, 11) is 0. The van der Waals surface area contributed by atoms with Gasteiger partial charge >= 0.3 is 0 Å². The molecule has 0 aliphatic carbocycles. The lowest BCUT2D eigenvalue weighted by atomic mass is 10.1. The zero-order chi connectivity index (χ0) is 53.0. The van der Waals surface area contributed by atoms with Crippen LogP contribution in [-0.4, -0.2) is 109 Å². The van der Waals surface area contributed by atoms with Crippen LogP contribution in [0.4, 0.5) is 0 Å². The molecule has 0 bridgehead atoms. The average molecular weight is 1020 g/mol. The lowest BCUT2D eigenvalue weighted by Crippen LogP contribution is -2.40. The molecule has 0 spiro atoms. The standard InChI is InChI=1S/C66H127N5O2/c1-4-7-10-13-16-19-22-25-28-31-34-37-40-43-46-49-54-69(57-52-59-70(63-65(72)61-67)55-50-47-44-41-38-35-32-29-26-23-20-17-14-11-8-5-2)58-53-60-71(64-66(73)62-68)56-51-48-45-42-39-36-33-30-27-24-21-18-15-12-9-6-3/h16-21,25-30,65-66,72-73H,4-15,22-24,31-64,67-68H2,1-3H3/b19-16+,20-17+,21-18+,28-25-,29-26-,30-27-. The highest BCUT2D eigenvalue weighted by Gasteiger charge is 2.14. The van der Waals surface area contributed by atoms with E-state index in [1.54, 1.807) is 0 Å². The van der Waals surface area contributed by atoms with Crippen LogP contribution >= 0.6 is 0 Å². The van der Waals surface area contributed by atoms with Gasteiger partial charge in [-0.2, -0.15) is 0 Å². The van der Waals surface area contributed by atoms with E-state index < -0.39 is 12.2 Å². The SMILES string of the molecule is CCCCC/C=C/C/C=C\CCCCCCCCN(CCCN(CCCCCCCC/C=C\C/C=C/CCCCC)CC(O)CN)CCCN(CCCCCCCC/C=C\C/C=C/CCCCC)CC(O)CN. The van der Waals surface area contributed by atoms with E-state index >= 15 is 0 Å². The van der Waals surface area contributed by atoms with Gasteiger partial charge in [-0.05, 0) is 174 Å². The second kappa shape index (κ2) is 61.0. The number of allylic oxidation sites excluding steroid dienone is 12. The Bertz CT molecular complexity index is 1180. The fourth-order valence-electron chi connectivity index (χ4n) is 9.68. The van der Waals surface area contributed by atoms with Crippen LogP contribution in [0.25, 0.3) is 0 Å². The summed E-state index contributed by atoms with van der Waals surface area (Å²) in [6.45, 7) is 16.3. The molecule has 0 amide bonds. The molecule has 7 nitrogen and oxygen atoms in total. The molecule has 0 rings (SSSR count). The van der Waals surface area contributed by atoms with Gasteiger partial charge in [0, 0.05) is 26.2 Å². The third kappa shape index (κ3) is 56.2. The molecule has 2 atom stereocenters. The van der Waals surface area contributed by atoms with E-state index in [4.69, 9.17) is 11.5 Å². The molecule has 428 valence electrons. The highest BCUT2D eigenvalue weighted by molar-refractivity contribution is 4.94. The van der Waals surface area contributed by atoms with Crippen LogP contribution in [0.3, 0.4) is 0 Å². The average Bonchev–Trinajstić information content (AvgIpc) is 3.39. The fourth-order valence-corrected chi connectivity index (χ4v) is 9.68. The second-order valence-electron chi connectivity index (χ2n) is 21.7. The second-order valence-corrected chi connectivity index (χ2v) is 21.7. The van der Waals surface area contributed by atoms with Gasteiger partial charge in [-0.25, -0.2) is 0 Å². The molecule has 0 saturated heterocycles. The summed E-state index contributed by atoms with van der Waals surface area (Å²) in [5.41, 5.74) is 11.8. The molecule has 6 N–H and O–H groups in total. The minimum absolute atomic E-state index is 0.324. The first-order chi connectivity index (χ1) is 36.0. The summed E-state index contributed by atoms with van der Waals surface area (Å²) in [6, 6.07) is 0. The molecular weight excluding hydrogens is 895 g/mol. The van der Waals surface area contributed by atoms with Crippen LogP contribution in [-0.2, 0) is 0 Å². The Kier molecular flexibility index (Phi) is 59.5. The van der Waals surface area contributed by atoms with Crippen LogP contribution in [0.1, 0.15) is 265 Å². The first-order valence-corrected chi connectivity index (χ1v) is 31.8. The third-order valence-electron chi connectivity index (χ3n) is 14.4. The van der Waals surface area contributed by atoms with Crippen molar-refractivity contribution in [2.24, 2.45) is 11.5 Å². The molecule has 0 saturated carbocycles. The zero-order valence-corrected chi connectivity index (χ0v) is 49.1. The summed E-state index contributed by atoms with van der Waals surface area (Å²) >= 11 is 0. The molecule has 0 aliphatic rings. The summed E-state index contributed by atoms with van der Waals surface area (Å²) in [4.78, 5) is 7.70. The van der Waals surface area contributed by atoms with Gasteiger partial charge < -0.3 is 36.4 Å². The molecule has 0 aromatic carbocycles. The minimum atomic E-state index is -0.460. The molecule has 0 aromatic rings. The minimum Gasteiger partial charge on any atom is -0.390 e. The Morgan fingerprint density at radius 2 is 0.493 bits per heavy atom. The lowest BCUT2D eigenvalue weighted by Gasteiger charge is -2.29.